The predicted octanol–water partition coefficient (Wildman–Crippen LogP) is 0.977. The third-order valence-corrected chi connectivity index (χ3v) is 6.58. The lowest BCUT2D eigenvalue weighted by molar-refractivity contribution is -0.385. The second-order valence-corrected chi connectivity index (χ2v) is 8.01. The van der Waals surface area contributed by atoms with E-state index in [9.17, 15) is 18.5 Å². The van der Waals surface area contributed by atoms with Crippen LogP contribution in [0, 0.1) is 15.5 Å². The summed E-state index contributed by atoms with van der Waals surface area (Å²) in [5, 5.41) is 14.2. The van der Waals surface area contributed by atoms with Crippen molar-refractivity contribution < 1.29 is 18.1 Å². The second kappa shape index (κ2) is 5.73. The van der Waals surface area contributed by atoms with E-state index in [0.717, 1.165) is 32.0 Å². The van der Waals surface area contributed by atoms with Gasteiger partial charge in [-0.3, -0.25) is 10.1 Å². The van der Waals surface area contributed by atoms with Gasteiger partial charge in [0.05, 0.1) is 12.0 Å². The number of non-ortho nitro benzene ring substituents is 1. The standard InChI is InChI=1S/C14H19N3O5S/c1-22-12-3-2-11(17(18)19)8-13(12)23(20,21)16-7-5-14(10-16)4-6-15-9-14/h2-3,8,15H,4-7,9-10H2,1H3. The Hall–Kier alpha value is -1.71. The first-order chi connectivity index (χ1) is 10.9. The Labute approximate surface area is 134 Å². The molecule has 126 valence electrons. The lowest BCUT2D eigenvalue weighted by atomic mass is 9.87. The smallest absolute Gasteiger partial charge is 0.271 e. The van der Waals surface area contributed by atoms with Crippen molar-refractivity contribution in [3.63, 3.8) is 0 Å². The zero-order chi connectivity index (χ0) is 16.7. The van der Waals surface area contributed by atoms with E-state index < -0.39 is 14.9 Å². The van der Waals surface area contributed by atoms with E-state index in [4.69, 9.17) is 4.74 Å². The fraction of sp³-hybridized carbons (Fsp3) is 0.571. The number of ether oxygens (including phenoxy) is 1. The van der Waals surface area contributed by atoms with Gasteiger partial charge < -0.3 is 10.1 Å². The molecule has 2 fully saturated rings. The number of nitro groups is 1. The van der Waals surface area contributed by atoms with Crippen LogP contribution in [-0.2, 0) is 10.0 Å². The van der Waals surface area contributed by atoms with E-state index in [2.05, 4.69) is 5.32 Å². The van der Waals surface area contributed by atoms with Gasteiger partial charge in [-0.05, 0) is 30.9 Å². The van der Waals surface area contributed by atoms with Crippen molar-refractivity contribution in [1.82, 2.24) is 9.62 Å². The van der Waals surface area contributed by atoms with Gasteiger partial charge in [0, 0.05) is 31.8 Å². The number of hydrogen-bond acceptors (Lipinski definition) is 6. The van der Waals surface area contributed by atoms with Crippen LogP contribution in [0.3, 0.4) is 0 Å². The van der Waals surface area contributed by atoms with Gasteiger partial charge in [-0.1, -0.05) is 0 Å². The maximum atomic E-state index is 12.9. The zero-order valence-corrected chi connectivity index (χ0v) is 13.6. The Kier molecular flexibility index (Phi) is 4.03. The molecule has 0 bridgehead atoms. The number of rotatable bonds is 4. The first-order valence-electron chi connectivity index (χ1n) is 7.41. The van der Waals surface area contributed by atoms with Crippen LogP contribution in [0.25, 0.3) is 0 Å². The summed E-state index contributed by atoms with van der Waals surface area (Å²) >= 11 is 0. The fourth-order valence-corrected chi connectivity index (χ4v) is 5.09. The second-order valence-electron chi connectivity index (χ2n) is 6.11. The van der Waals surface area contributed by atoms with E-state index in [1.54, 1.807) is 0 Å². The lowest BCUT2D eigenvalue weighted by Gasteiger charge is -2.23. The molecule has 0 amide bonds. The number of nitro benzene ring substituents is 1. The molecule has 0 saturated carbocycles. The minimum Gasteiger partial charge on any atom is -0.495 e. The van der Waals surface area contributed by atoms with Crippen LogP contribution in [-0.4, -0.2) is 50.9 Å². The maximum Gasteiger partial charge on any atom is 0.271 e. The van der Waals surface area contributed by atoms with Crippen LogP contribution in [0.2, 0.25) is 0 Å². The molecule has 2 aliphatic rings. The predicted molar refractivity (Wildman–Crippen MR) is 82.9 cm³/mol. The Morgan fingerprint density at radius 1 is 1.39 bits per heavy atom. The molecule has 1 aromatic carbocycles. The molecular weight excluding hydrogens is 322 g/mol. The van der Waals surface area contributed by atoms with Crippen molar-refractivity contribution in [2.24, 2.45) is 5.41 Å². The molecule has 0 radical (unpaired) electrons. The van der Waals surface area contributed by atoms with E-state index >= 15 is 0 Å². The van der Waals surface area contributed by atoms with Crippen molar-refractivity contribution in [3.8, 4) is 5.75 Å². The van der Waals surface area contributed by atoms with E-state index in [0.29, 0.717) is 13.1 Å². The van der Waals surface area contributed by atoms with Crippen molar-refractivity contribution in [1.29, 1.82) is 0 Å². The zero-order valence-electron chi connectivity index (χ0n) is 12.8. The summed E-state index contributed by atoms with van der Waals surface area (Å²) in [5.41, 5.74) is -0.276. The fourth-order valence-electron chi connectivity index (χ4n) is 3.36. The highest BCUT2D eigenvalue weighted by molar-refractivity contribution is 7.89. The van der Waals surface area contributed by atoms with Gasteiger partial charge in [-0.15, -0.1) is 0 Å². The van der Waals surface area contributed by atoms with Gasteiger partial charge in [0.1, 0.15) is 10.6 Å². The average Bonchev–Trinajstić information content (AvgIpc) is 3.17. The highest BCUT2D eigenvalue weighted by atomic mass is 32.2. The molecule has 3 rings (SSSR count). The van der Waals surface area contributed by atoms with Crippen LogP contribution < -0.4 is 10.1 Å². The number of benzene rings is 1. The van der Waals surface area contributed by atoms with E-state index in [1.165, 1.54) is 23.5 Å². The van der Waals surface area contributed by atoms with Gasteiger partial charge in [0.25, 0.3) is 5.69 Å². The molecule has 1 spiro atoms. The summed E-state index contributed by atoms with van der Waals surface area (Å²) in [6.07, 6.45) is 1.75. The molecule has 1 unspecified atom stereocenters. The lowest BCUT2D eigenvalue weighted by Crippen LogP contribution is -2.33. The normalized spacial score (nSPS) is 25.1. The van der Waals surface area contributed by atoms with Crippen molar-refractivity contribution in [2.75, 3.05) is 33.3 Å². The molecule has 2 saturated heterocycles. The monoisotopic (exact) mass is 341 g/mol. The first-order valence-corrected chi connectivity index (χ1v) is 8.85. The topological polar surface area (TPSA) is 102 Å². The molecule has 8 nitrogen and oxygen atoms in total. The van der Waals surface area contributed by atoms with Crippen LogP contribution in [0.1, 0.15) is 12.8 Å². The molecule has 1 aromatic rings. The Morgan fingerprint density at radius 2 is 2.17 bits per heavy atom. The van der Waals surface area contributed by atoms with Gasteiger partial charge in [-0.25, -0.2) is 8.42 Å². The number of nitrogens with one attached hydrogen (secondary N) is 1. The molecular formula is C14H19N3O5S. The molecule has 23 heavy (non-hydrogen) atoms. The SMILES string of the molecule is COc1ccc([N+](=O)[O-])cc1S(=O)(=O)N1CCC2(CCNC2)C1. The van der Waals surface area contributed by atoms with Crippen LogP contribution in [0.5, 0.6) is 5.75 Å². The molecule has 9 heteroatoms. The molecule has 1 atom stereocenters. The summed E-state index contributed by atoms with van der Waals surface area (Å²) in [4.78, 5) is 10.2. The third kappa shape index (κ3) is 2.79. The van der Waals surface area contributed by atoms with Gasteiger partial charge >= 0.3 is 0 Å². The van der Waals surface area contributed by atoms with Crippen LogP contribution in [0.4, 0.5) is 5.69 Å². The number of hydrogen-bond donors (Lipinski definition) is 1. The average molecular weight is 341 g/mol. The largest absolute Gasteiger partial charge is 0.495 e. The minimum absolute atomic E-state index is 0.0129. The van der Waals surface area contributed by atoms with Gasteiger partial charge in [0.2, 0.25) is 10.0 Å². The quantitative estimate of drug-likeness (QED) is 0.647. The Bertz CT molecular complexity index is 728. The molecule has 0 aromatic heterocycles. The third-order valence-electron chi connectivity index (χ3n) is 4.71. The molecule has 2 heterocycles. The number of methoxy groups -OCH3 is 1. The van der Waals surface area contributed by atoms with E-state index in [-0.39, 0.29) is 21.7 Å². The summed E-state index contributed by atoms with van der Waals surface area (Å²) < 4.78 is 32.4. The van der Waals surface area contributed by atoms with E-state index in [1.807, 2.05) is 0 Å². The van der Waals surface area contributed by atoms with Crippen LogP contribution >= 0.6 is 0 Å². The molecule has 2 aliphatic heterocycles. The highest BCUT2D eigenvalue weighted by Crippen LogP contribution is 2.40. The van der Waals surface area contributed by atoms with Gasteiger partial charge in [0.15, 0.2) is 0 Å². The first kappa shape index (κ1) is 16.2. The Balaban J connectivity index is 1.96. The summed E-state index contributed by atoms with van der Waals surface area (Å²) in [5.74, 6) is 0.126. The van der Waals surface area contributed by atoms with Gasteiger partial charge in [-0.2, -0.15) is 4.31 Å². The van der Waals surface area contributed by atoms with Crippen molar-refractivity contribution in [2.45, 2.75) is 17.7 Å². The Morgan fingerprint density at radius 3 is 2.78 bits per heavy atom. The summed E-state index contributed by atoms with van der Waals surface area (Å²) in [6, 6.07) is 3.64. The summed E-state index contributed by atoms with van der Waals surface area (Å²) in [6.45, 7) is 2.57. The number of sulfonamides is 1. The van der Waals surface area contributed by atoms with Crippen molar-refractivity contribution in [3.05, 3.63) is 28.3 Å². The van der Waals surface area contributed by atoms with Crippen LogP contribution in [0.15, 0.2) is 23.1 Å². The molecule has 0 aliphatic carbocycles. The molecule has 1 N–H and O–H groups in total. The minimum atomic E-state index is -3.82. The summed E-state index contributed by atoms with van der Waals surface area (Å²) in [7, 11) is -2.47. The highest BCUT2D eigenvalue weighted by Gasteiger charge is 2.45. The van der Waals surface area contributed by atoms with Crippen molar-refractivity contribution >= 4 is 15.7 Å². The number of nitrogens with zero attached hydrogens (tertiary/aromatic N) is 2. The maximum absolute atomic E-state index is 12.9.